The lowest BCUT2D eigenvalue weighted by Gasteiger charge is -2.09. The van der Waals surface area contributed by atoms with Crippen molar-refractivity contribution < 1.29 is 9.59 Å². The van der Waals surface area contributed by atoms with E-state index in [4.69, 9.17) is 0 Å². The summed E-state index contributed by atoms with van der Waals surface area (Å²) in [4.78, 5) is 20.3. The molecule has 1 aliphatic heterocycles. The zero-order valence-corrected chi connectivity index (χ0v) is 4.68. The topological polar surface area (TPSA) is 58.2 Å². The van der Waals surface area contributed by atoms with Crippen LogP contribution >= 0.6 is 0 Å². The van der Waals surface area contributed by atoms with E-state index in [9.17, 15) is 9.59 Å². The van der Waals surface area contributed by atoms with Gasteiger partial charge in [-0.25, -0.2) is 4.79 Å². The minimum absolute atomic E-state index is 0.263. The summed E-state index contributed by atoms with van der Waals surface area (Å²) in [7, 11) is 0. The summed E-state index contributed by atoms with van der Waals surface area (Å²) in [6, 6.07) is -0.263. The van der Waals surface area contributed by atoms with Gasteiger partial charge in [-0.05, 0) is 0 Å². The van der Waals surface area contributed by atoms with Crippen LogP contribution in [-0.4, -0.2) is 18.9 Å². The molecule has 48 valence electrons. The van der Waals surface area contributed by atoms with Crippen LogP contribution in [0.4, 0.5) is 4.79 Å². The molecule has 0 unspecified atom stereocenters. The molecule has 0 fully saturated rings. The van der Waals surface area contributed by atoms with E-state index in [-0.39, 0.29) is 6.03 Å². The Morgan fingerprint density at radius 3 is 2.89 bits per heavy atom. The lowest BCUT2D eigenvalue weighted by Crippen LogP contribution is -2.38. The number of aldehydes is 1. The molecule has 0 aromatic carbocycles. The minimum atomic E-state index is -0.263. The molecule has 1 heterocycles. The first-order valence-electron chi connectivity index (χ1n) is 2.51. The Kier molecular flexibility index (Phi) is 1.48. The molecule has 0 radical (unpaired) electrons. The monoisotopic (exact) mass is 126 g/mol. The van der Waals surface area contributed by atoms with Crippen LogP contribution in [0.2, 0.25) is 0 Å². The number of urea groups is 1. The third kappa shape index (κ3) is 1.28. The first-order valence-corrected chi connectivity index (χ1v) is 2.51. The highest BCUT2D eigenvalue weighted by molar-refractivity contribution is 5.83. The molecular weight excluding hydrogens is 120 g/mol. The van der Waals surface area contributed by atoms with Crippen LogP contribution in [0.3, 0.4) is 0 Å². The van der Waals surface area contributed by atoms with E-state index in [1.54, 1.807) is 0 Å². The Hall–Kier alpha value is -1.32. The molecule has 0 aromatic rings. The fraction of sp³-hybridized carbons (Fsp3) is 0.200. The normalized spacial score (nSPS) is 17.3. The predicted molar refractivity (Wildman–Crippen MR) is 30.7 cm³/mol. The number of carbonyl (C=O) groups excluding carboxylic acids is 2. The summed E-state index contributed by atoms with van der Waals surface area (Å²) >= 11 is 0. The van der Waals surface area contributed by atoms with Crippen LogP contribution in [0.1, 0.15) is 0 Å². The Labute approximate surface area is 51.9 Å². The van der Waals surface area contributed by atoms with Gasteiger partial charge < -0.3 is 10.6 Å². The summed E-state index contributed by atoms with van der Waals surface area (Å²) in [5.41, 5.74) is 0.551. The molecule has 2 amide bonds. The van der Waals surface area contributed by atoms with Crippen LogP contribution < -0.4 is 10.6 Å². The lowest BCUT2D eigenvalue weighted by molar-refractivity contribution is -0.105. The Morgan fingerprint density at radius 2 is 2.44 bits per heavy atom. The second-order valence-corrected chi connectivity index (χ2v) is 1.66. The maximum Gasteiger partial charge on any atom is 0.319 e. The van der Waals surface area contributed by atoms with Crippen LogP contribution in [0.25, 0.3) is 0 Å². The third-order valence-electron chi connectivity index (χ3n) is 0.993. The van der Waals surface area contributed by atoms with Crippen LogP contribution in [0.15, 0.2) is 11.8 Å². The first-order chi connectivity index (χ1) is 4.33. The maximum atomic E-state index is 10.3. The molecule has 0 aliphatic carbocycles. The molecule has 9 heavy (non-hydrogen) atoms. The van der Waals surface area contributed by atoms with E-state index >= 15 is 0 Å². The zero-order valence-electron chi connectivity index (χ0n) is 4.68. The van der Waals surface area contributed by atoms with Gasteiger partial charge in [-0.2, -0.15) is 0 Å². The second-order valence-electron chi connectivity index (χ2n) is 1.66. The van der Waals surface area contributed by atoms with Crippen molar-refractivity contribution in [3.63, 3.8) is 0 Å². The highest BCUT2D eigenvalue weighted by atomic mass is 16.2. The lowest BCUT2D eigenvalue weighted by atomic mass is 10.3. The Bertz CT molecular complexity index is 174. The fourth-order valence-corrected chi connectivity index (χ4v) is 0.518. The van der Waals surface area contributed by atoms with Crippen molar-refractivity contribution in [2.75, 3.05) is 6.54 Å². The number of hydrogen-bond donors (Lipinski definition) is 2. The summed E-state index contributed by atoms with van der Waals surface area (Å²) < 4.78 is 0. The number of nitrogens with one attached hydrogen (secondary N) is 2. The van der Waals surface area contributed by atoms with Crippen molar-refractivity contribution in [3.8, 4) is 0 Å². The van der Waals surface area contributed by atoms with Gasteiger partial charge in [-0.1, -0.05) is 0 Å². The van der Waals surface area contributed by atoms with Crippen LogP contribution in [-0.2, 0) is 4.79 Å². The van der Waals surface area contributed by atoms with E-state index in [1.807, 2.05) is 0 Å². The molecule has 1 rings (SSSR count). The highest BCUT2D eigenvalue weighted by Gasteiger charge is 2.05. The van der Waals surface area contributed by atoms with Gasteiger partial charge in [0.2, 0.25) is 0 Å². The van der Waals surface area contributed by atoms with E-state index < -0.39 is 0 Å². The van der Waals surface area contributed by atoms with Gasteiger partial charge in [0.15, 0.2) is 0 Å². The van der Waals surface area contributed by atoms with Gasteiger partial charge in [0.05, 0.1) is 0 Å². The number of amides is 2. The standard InChI is InChI=1S/C5H6N2O2/c8-3-4-1-6-5(9)7-2-4/h1,3H,2H2,(H2,6,7,9). The molecule has 1 aliphatic rings. The smallest absolute Gasteiger partial charge is 0.319 e. The molecule has 0 saturated carbocycles. The Morgan fingerprint density at radius 1 is 1.67 bits per heavy atom. The van der Waals surface area contributed by atoms with Crippen LogP contribution in [0.5, 0.6) is 0 Å². The average Bonchev–Trinajstić information content (AvgIpc) is 1.90. The van der Waals surface area contributed by atoms with E-state index in [0.717, 1.165) is 0 Å². The molecule has 0 aromatic heterocycles. The summed E-state index contributed by atoms with van der Waals surface area (Å²) in [6.07, 6.45) is 2.10. The summed E-state index contributed by atoms with van der Waals surface area (Å²) in [5, 5.41) is 4.77. The van der Waals surface area contributed by atoms with Gasteiger partial charge in [-0.15, -0.1) is 0 Å². The van der Waals surface area contributed by atoms with Gasteiger partial charge in [0.25, 0.3) is 0 Å². The van der Waals surface area contributed by atoms with Gasteiger partial charge >= 0.3 is 6.03 Å². The van der Waals surface area contributed by atoms with Gasteiger partial charge in [0, 0.05) is 18.3 Å². The average molecular weight is 126 g/mol. The number of rotatable bonds is 1. The van der Waals surface area contributed by atoms with Crippen LogP contribution in [0, 0.1) is 0 Å². The highest BCUT2D eigenvalue weighted by Crippen LogP contribution is 1.88. The molecule has 0 spiro atoms. The van der Waals surface area contributed by atoms with E-state index in [0.29, 0.717) is 18.4 Å². The molecule has 0 saturated heterocycles. The summed E-state index contributed by atoms with van der Waals surface area (Å²) in [5.74, 6) is 0. The molecule has 4 nitrogen and oxygen atoms in total. The molecule has 0 atom stereocenters. The molecule has 4 heteroatoms. The minimum Gasteiger partial charge on any atom is -0.334 e. The molecule has 0 bridgehead atoms. The summed E-state index contributed by atoms with van der Waals surface area (Å²) in [6.45, 7) is 0.329. The van der Waals surface area contributed by atoms with Crippen molar-refractivity contribution in [2.45, 2.75) is 0 Å². The third-order valence-corrected chi connectivity index (χ3v) is 0.993. The predicted octanol–water partition coefficient (Wildman–Crippen LogP) is -0.618. The van der Waals surface area contributed by atoms with Crippen molar-refractivity contribution in [1.29, 1.82) is 0 Å². The fourth-order valence-electron chi connectivity index (χ4n) is 0.518. The largest absolute Gasteiger partial charge is 0.334 e. The van der Waals surface area contributed by atoms with Gasteiger partial charge in [0.1, 0.15) is 6.29 Å². The van der Waals surface area contributed by atoms with E-state index in [2.05, 4.69) is 10.6 Å². The number of hydrogen-bond acceptors (Lipinski definition) is 2. The van der Waals surface area contributed by atoms with E-state index in [1.165, 1.54) is 6.20 Å². The number of carbonyl (C=O) groups is 2. The zero-order chi connectivity index (χ0) is 6.69. The quantitative estimate of drug-likeness (QED) is 0.460. The van der Waals surface area contributed by atoms with Gasteiger partial charge in [-0.3, -0.25) is 4.79 Å². The van der Waals surface area contributed by atoms with Crippen molar-refractivity contribution >= 4 is 12.3 Å². The Balaban J connectivity index is 2.59. The van der Waals surface area contributed by atoms with Crippen molar-refractivity contribution in [2.24, 2.45) is 0 Å². The SMILES string of the molecule is O=CC1=CNC(=O)NC1. The maximum absolute atomic E-state index is 10.3. The first kappa shape index (κ1) is 5.81. The molecule has 2 N–H and O–H groups in total. The van der Waals surface area contributed by atoms with Crippen molar-refractivity contribution in [3.05, 3.63) is 11.8 Å². The molecular formula is C5H6N2O2. The van der Waals surface area contributed by atoms with Crippen molar-refractivity contribution in [1.82, 2.24) is 10.6 Å². The second kappa shape index (κ2) is 2.30.